The van der Waals surface area contributed by atoms with E-state index < -0.39 is 27.0 Å². The van der Waals surface area contributed by atoms with Crippen molar-refractivity contribution in [2.24, 2.45) is 0 Å². The molecular weight excluding hydrogens is 316 g/mol. The van der Waals surface area contributed by atoms with E-state index in [0.717, 1.165) is 6.07 Å². The lowest BCUT2D eigenvalue weighted by Crippen LogP contribution is -2.04. The molecule has 0 aliphatic heterocycles. The molecule has 0 aliphatic rings. The molecule has 3 aromatic carbocycles. The maximum atomic E-state index is 12.1. The first-order valence-corrected chi connectivity index (χ1v) is 6.72. The Morgan fingerprint density at radius 2 is 1.62 bits per heavy atom. The van der Waals surface area contributed by atoms with Crippen molar-refractivity contribution < 1.29 is 19.4 Å². The van der Waals surface area contributed by atoms with Gasteiger partial charge in [0.05, 0.1) is 15.2 Å². The Balaban J connectivity index is 2.62. The number of carbonyl (C=O) groups excluding carboxylic acids is 2. The summed E-state index contributed by atoms with van der Waals surface area (Å²) in [5.41, 5.74) is -1.38. The van der Waals surface area contributed by atoms with Crippen LogP contribution in [0.15, 0.2) is 42.5 Å². The molecule has 3 rings (SSSR count). The molecule has 0 unspecified atom stereocenters. The second kappa shape index (κ2) is 5.51. The van der Waals surface area contributed by atoms with E-state index in [2.05, 4.69) is 0 Å². The van der Waals surface area contributed by atoms with Crippen molar-refractivity contribution in [3.05, 3.63) is 68.3 Å². The molecule has 0 saturated heterocycles. The summed E-state index contributed by atoms with van der Waals surface area (Å²) in [5, 5.41) is 23.5. The predicted octanol–water partition coefficient (Wildman–Crippen LogP) is 3.19. The summed E-state index contributed by atoms with van der Waals surface area (Å²) >= 11 is 0. The van der Waals surface area contributed by atoms with Crippen molar-refractivity contribution in [1.82, 2.24) is 0 Å². The van der Waals surface area contributed by atoms with Crippen molar-refractivity contribution in [1.29, 1.82) is 0 Å². The Hall–Kier alpha value is -3.68. The molecule has 0 atom stereocenters. The number of fused-ring (bicyclic) bond motifs is 2. The first-order valence-electron chi connectivity index (χ1n) is 6.72. The lowest BCUT2D eigenvalue weighted by Gasteiger charge is -2.09. The number of aldehydes is 1. The molecule has 3 aromatic rings. The van der Waals surface area contributed by atoms with Gasteiger partial charge in [-0.15, -0.1) is 0 Å². The molecule has 0 aromatic heterocycles. The highest BCUT2D eigenvalue weighted by Crippen LogP contribution is 2.39. The summed E-state index contributed by atoms with van der Waals surface area (Å²) in [6, 6.07) is 10.2. The number of nitrogens with zero attached hydrogens (tertiary/aromatic N) is 2. The Morgan fingerprint density at radius 1 is 0.917 bits per heavy atom. The summed E-state index contributed by atoms with van der Waals surface area (Å²) < 4.78 is 0. The van der Waals surface area contributed by atoms with Crippen LogP contribution in [0.2, 0.25) is 0 Å². The van der Waals surface area contributed by atoms with Crippen LogP contribution in [0.5, 0.6) is 0 Å². The average molecular weight is 324 g/mol. The van der Waals surface area contributed by atoms with E-state index in [0.29, 0.717) is 10.8 Å². The van der Waals surface area contributed by atoms with Gasteiger partial charge in [0.15, 0.2) is 6.29 Å². The highest BCUT2D eigenvalue weighted by atomic mass is 16.6. The maximum Gasteiger partial charge on any atom is 0.353 e. The molecule has 0 spiro atoms. The molecule has 0 heterocycles. The summed E-state index contributed by atoms with van der Waals surface area (Å²) in [7, 11) is 0. The van der Waals surface area contributed by atoms with Crippen molar-refractivity contribution >= 4 is 45.0 Å². The van der Waals surface area contributed by atoms with E-state index >= 15 is 0 Å². The molecule has 0 bridgehead atoms. The molecule has 0 N–H and O–H groups in total. The predicted molar refractivity (Wildman–Crippen MR) is 85.2 cm³/mol. The average Bonchev–Trinajstić information content (AvgIpc) is 2.57. The monoisotopic (exact) mass is 324 g/mol. The number of hydrogen-bond acceptors (Lipinski definition) is 6. The van der Waals surface area contributed by atoms with Gasteiger partial charge in [-0.25, -0.2) is 0 Å². The number of rotatable bonds is 4. The Kier molecular flexibility index (Phi) is 3.49. The third kappa shape index (κ3) is 2.17. The molecule has 8 heteroatoms. The van der Waals surface area contributed by atoms with Gasteiger partial charge in [0, 0.05) is 17.0 Å². The van der Waals surface area contributed by atoms with Gasteiger partial charge in [0.1, 0.15) is 0 Å². The normalized spacial score (nSPS) is 10.7. The van der Waals surface area contributed by atoms with Crippen LogP contribution in [0.25, 0.3) is 21.5 Å². The number of nitro groups is 2. The molecule has 118 valence electrons. The zero-order valence-electron chi connectivity index (χ0n) is 12.0. The van der Waals surface area contributed by atoms with Gasteiger partial charge in [-0.1, -0.05) is 24.3 Å². The van der Waals surface area contributed by atoms with E-state index in [1.54, 1.807) is 24.3 Å². The first kappa shape index (κ1) is 15.2. The number of Topliss-reactive ketones (excluding diaryl/α,β-unsaturated/α-hetero) is 1. The van der Waals surface area contributed by atoms with Crippen molar-refractivity contribution in [2.75, 3.05) is 0 Å². The summed E-state index contributed by atoms with van der Waals surface area (Å²) in [6.07, 6.45) is 0.120. The van der Waals surface area contributed by atoms with Crippen molar-refractivity contribution in [2.45, 2.75) is 0 Å². The zero-order valence-corrected chi connectivity index (χ0v) is 12.0. The third-order valence-electron chi connectivity index (χ3n) is 3.73. The first-order chi connectivity index (χ1) is 11.5. The number of nitro benzene ring substituents is 2. The molecule has 24 heavy (non-hydrogen) atoms. The highest BCUT2D eigenvalue weighted by Gasteiger charge is 2.29. The summed E-state index contributed by atoms with van der Waals surface area (Å²) in [5.74, 6) is -0.847. The quantitative estimate of drug-likeness (QED) is 0.181. The molecule has 0 amide bonds. The SMILES string of the molecule is O=CC(=O)c1c2ccccc2cc2c([N+](=O)[O-])c([N+](=O)[O-])ccc12. The second-order valence-corrected chi connectivity index (χ2v) is 5.00. The molecule has 0 saturated carbocycles. The zero-order chi connectivity index (χ0) is 17.4. The standard InChI is InChI=1S/C16H8N2O6/c19-8-14(20)15-10-4-2-1-3-9(10)7-12-11(15)5-6-13(17(21)22)16(12)18(23)24/h1-8H. The molecule has 0 aliphatic carbocycles. The lowest BCUT2D eigenvalue weighted by atomic mass is 9.93. The topological polar surface area (TPSA) is 120 Å². The van der Waals surface area contributed by atoms with Crippen molar-refractivity contribution in [3.8, 4) is 0 Å². The number of hydrogen-bond donors (Lipinski definition) is 0. The smallest absolute Gasteiger partial charge is 0.294 e. The number of carbonyl (C=O) groups is 2. The minimum atomic E-state index is -0.857. The van der Waals surface area contributed by atoms with E-state index in [4.69, 9.17) is 0 Å². The van der Waals surface area contributed by atoms with Crippen LogP contribution >= 0.6 is 0 Å². The summed E-state index contributed by atoms with van der Waals surface area (Å²) in [6.45, 7) is 0. The number of benzene rings is 3. The van der Waals surface area contributed by atoms with E-state index in [9.17, 15) is 29.8 Å². The minimum Gasteiger partial charge on any atom is -0.294 e. The van der Waals surface area contributed by atoms with Crippen LogP contribution in [0.3, 0.4) is 0 Å². The molecule has 0 radical (unpaired) electrons. The largest absolute Gasteiger partial charge is 0.353 e. The van der Waals surface area contributed by atoms with Crippen LogP contribution < -0.4 is 0 Å². The van der Waals surface area contributed by atoms with Crippen LogP contribution in [0.1, 0.15) is 10.4 Å². The van der Waals surface area contributed by atoms with Gasteiger partial charge in [-0.3, -0.25) is 29.8 Å². The Morgan fingerprint density at radius 3 is 2.25 bits per heavy atom. The van der Waals surface area contributed by atoms with E-state index in [1.807, 2.05) is 0 Å². The summed E-state index contributed by atoms with van der Waals surface area (Å²) in [4.78, 5) is 43.8. The van der Waals surface area contributed by atoms with Gasteiger partial charge in [0.25, 0.3) is 0 Å². The van der Waals surface area contributed by atoms with Gasteiger partial charge in [0.2, 0.25) is 5.78 Å². The van der Waals surface area contributed by atoms with Gasteiger partial charge in [-0.2, -0.15) is 0 Å². The fourth-order valence-electron chi connectivity index (χ4n) is 2.78. The highest BCUT2D eigenvalue weighted by molar-refractivity contribution is 6.40. The fourth-order valence-corrected chi connectivity index (χ4v) is 2.78. The fraction of sp³-hybridized carbons (Fsp3) is 0. The van der Waals surface area contributed by atoms with E-state index in [1.165, 1.54) is 12.1 Å². The van der Waals surface area contributed by atoms with Crippen molar-refractivity contribution in [3.63, 3.8) is 0 Å². The van der Waals surface area contributed by atoms with E-state index in [-0.39, 0.29) is 22.6 Å². The van der Waals surface area contributed by atoms with Crippen LogP contribution in [-0.4, -0.2) is 21.9 Å². The molecular formula is C16H8N2O6. The third-order valence-corrected chi connectivity index (χ3v) is 3.73. The minimum absolute atomic E-state index is 0.00361. The Bertz CT molecular complexity index is 1060. The molecule has 8 nitrogen and oxygen atoms in total. The maximum absolute atomic E-state index is 12.1. The van der Waals surface area contributed by atoms with Gasteiger partial charge in [-0.05, 0) is 22.9 Å². The van der Waals surface area contributed by atoms with Crippen LogP contribution in [0.4, 0.5) is 11.4 Å². The van der Waals surface area contributed by atoms with Gasteiger partial charge >= 0.3 is 11.4 Å². The number of ketones is 1. The van der Waals surface area contributed by atoms with Crippen LogP contribution in [-0.2, 0) is 4.79 Å². The lowest BCUT2D eigenvalue weighted by molar-refractivity contribution is -0.421. The molecule has 0 fully saturated rings. The van der Waals surface area contributed by atoms with Crippen LogP contribution in [0, 0.1) is 20.2 Å². The van der Waals surface area contributed by atoms with Gasteiger partial charge < -0.3 is 0 Å². The Labute approximate surface area is 133 Å². The second-order valence-electron chi connectivity index (χ2n) is 5.00.